The maximum absolute atomic E-state index is 12.3. The van der Waals surface area contributed by atoms with Gasteiger partial charge in [-0.05, 0) is 25.3 Å². The highest BCUT2D eigenvalue weighted by atomic mass is 32.2. The molecule has 4 heteroatoms. The Kier molecular flexibility index (Phi) is 4.86. The first-order valence-electron chi connectivity index (χ1n) is 7.55. The number of hydrogen-bond donors (Lipinski definition) is 0. The second kappa shape index (κ2) is 6.84. The van der Waals surface area contributed by atoms with Gasteiger partial charge in [-0.1, -0.05) is 42.7 Å². The standard InChI is InChI=1S/C17H21NOS2/c1-13-5-4-6-14(9-13)11-21(19)12-16-10-20-17(18-16)15-7-2-3-8-15/h4-6,9-10,15H,2-3,7-8,11-12H2,1H3/t21-/m0/s1. The van der Waals surface area contributed by atoms with E-state index in [4.69, 9.17) is 4.98 Å². The van der Waals surface area contributed by atoms with Crippen molar-refractivity contribution in [3.63, 3.8) is 0 Å². The first kappa shape index (κ1) is 14.9. The minimum atomic E-state index is -0.874. The topological polar surface area (TPSA) is 30.0 Å². The molecule has 112 valence electrons. The highest BCUT2D eigenvalue weighted by Crippen LogP contribution is 2.35. The summed E-state index contributed by atoms with van der Waals surface area (Å²) in [4.78, 5) is 4.72. The summed E-state index contributed by atoms with van der Waals surface area (Å²) in [7, 11) is -0.874. The fraction of sp³-hybridized carbons (Fsp3) is 0.471. The third kappa shape index (κ3) is 4.01. The molecule has 1 aliphatic carbocycles. The number of rotatable bonds is 5. The molecule has 1 aliphatic rings. The summed E-state index contributed by atoms with van der Waals surface area (Å²) in [6, 6.07) is 8.27. The zero-order valence-electron chi connectivity index (χ0n) is 12.4. The van der Waals surface area contributed by atoms with Crippen molar-refractivity contribution in [2.24, 2.45) is 0 Å². The van der Waals surface area contributed by atoms with Gasteiger partial charge in [-0.25, -0.2) is 4.98 Å². The number of aryl methyl sites for hydroxylation is 1. The van der Waals surface area contributed by atoms with Gasteiger partial charge in [0.1, 0.15) is 0 Å². The average Bonchev–Trinajstić information content (AvgIpc) is 3.08. The van der Waals surface area contributed by atoms with Crippen LogP contribution in [0.1, 0.15) is 53.4 Å². The Bertz CT molecular complexity index is 629. The second-order valence-electron chi connectivity index (χ2n) is 5.88. The third-order valence-electron chi connectivity index (χ3n) is 3.99. The fourth-order valence-electron chi connectivity index (χ4n) is 2.95. The molecule has 0 amide bonds. The van der Waals surface area contributed by atoms with E-state index in [0.717, 1.165) is 11.3 Å². The van der Waals surface area contributed by atoms with Crippen molar-refractivity contribution in [1.82, 2.24) is 4.98 Å². The predicted octanol–water partition coefficient (Wildman–Crippen LogP) is 4.56. The van der Waals surface area contributed by atoms with E-state index in [1.807, 2.05) is 6.07 Å². The lowest BCUT2D eigenvalue weighted by Gasteiger charge is -2.04. The monoisotopic (exact) mass is 319 g/mol. The summed E-state index contributed by atoms with van der Waals surface area (Å²) >= 11 is 1.75. The highest BCUT2D eigenvalue weighted by Gasteiger charge is 2.20. The van der Waals surface area contributed by atoms with Crippen molar-refractivity contribution in [2.45, 2.75) is 50.0 Å². The van der Waals surface area contributed by atoms with Crippen LogP contribution >= 0.6 is 11.3 Å². The Hall–Kier alpha value is -1.00. The number of thiazole rings is 1. The molecule has 1 saturated carbocycles. The van der Waals surface area contributed by atoms with Crippen molar-refractivity contribution in [2.75, 3.05) is 0 Å². The summed E-state index contributed by atoms with van der Waals surface area (Å²) in [6.07, 6.45) is 5.22. The molecule has 0 unspecified atom stereocenters. The van der Waals surface area contributed by atoms with Gasteiger partial charge in [0.15, 0.2) is 0 Å². The van der Waals surface area contributed by atoms with E-state index in [-0.39, 0.29) is 0 Å². The van der Waals surface area contributed by atoms with Crippen LogP contribution in [0.3, 0.4) is 0 Å². The molecule has 0 N–H and O–H groups in total. The van der Waals surface area contributed by atoms with Crippen LogP contribution in [0.4, 0.5) is 0 Å². The molecule has 0 radical (unpaired) electrons. The molecule has 1 aromatic carbocycles. The lowest BCUT2D eigenvalue weighted by atomic mass is 10.1. The van der Waals surface area contributed by atoms with E-state index in [9.17, 15) is 4.21 Å². The first-order chi connectivity index (χ1) is 10.2. The molecular formula is C17H21NOS2. The Morgan fingerprint density at radius 1 is 1.29 bits per heavy atom. The van der Waals surface area contributed by atoms with Gasteiger partial charge in [-0.2, -0.15) is 0 Å². The molecule has 2 aromatic rings. The lowest BCUT2D eigenvalue weighted by Crippen LogP contribution is -2.01. The molecule has 0 aliphatic heterocycles. The van der Waals surface area contributed by atoms with E-state index in [1.165, 1.54) is 36.3 Å². The summed E-state index contributed by atoms with van der Waals surface area (Å²) < 4.78 is 12.3. The maximum Gasteiger partial charge on any atom is 0.0959 e. The number of benzene rings is 1. The molecule has 0 spiro atoms. The van der Waals surface area contributed by atoms with E-state index in [2.05, 4.69) is 30.5 Å². The van der Waals surface area contributed by atoms with Gasteiger partial charge >= 0.3 is 0 Å². The molecular weight excluding hydrogens is 298 g/mol. The van der Waals surface area contributed by atoms with Crippen LogP contribution in [0.15, 0.2) is 29.6 Å². The second-order valence-corrected chi connectivity index (χ2v) is 8.22. The largest absolute Gasteiger partial charge is 0.259 e. The van der Waals surface area contributed by atoms with Crippen molar-refractivity contribution in [3.05, 3.63) is 51.5 Å². The van der Waals surface area contributed by atoms with Gasteiger partial charge in [0.2, 0.25) is 0 Å². The SMILES string of the molecule is Cc1cccc(C[S@](=O)Cc2csc(C3CCCC3)n2)c1. The van der Waals surface area contributed by atoms with Crippen molar-refractivity contribution < 1.29 is 4.21 Å². The summed E-state index contributed by atoms with van der Waals surface area (Å²) in [6.45, 7) is 2.07. The molecule has 1 fully saturated rings. The van der Waals surface area contributed by atoms with Crippen LogP contribution in [0.5, 0.6) is 0 Å². The van der Waals surface area contributed by atoms with Crippen LogP contribution in [0, 0.1) is 6.92 Å². The van der Waals surface area contributed by atoms with Crippen LogP contribution in [0.2, 0.25) is 0 Å². The summed E-state index contributed by atoms with van der Waals surface area (Å²) in [5, 5.41) is 3.36. The quantitative estimate of drug-likeness (QED) is 0.809. The minimum absolute atomic E-state index is 0.581. The lowest BCUT2D eigenvalue weighted by molar-refractivity contribution is 0.681. The van der Waals surface area contributed by atoms with Crippen molar-refractivity contribution in [3.8, 4) is 0 Å². The zero-order valence-corrected chi connectivity index (χ0v) is 14.0. The zero-order chi connectivity index (χ0) is 14.7. The van der Waals surface area contributed by atoms with E-state index in [1.54, 1.807) is 11.3 Å². The number of nitrogens with zero attached hydrogens (tertiary/aromatic N) is 1. The Morgan fingerprint density at radius 2 is 2.10 bits per heavy atom. The molecule has 3 rings (SSSR count). The maximum atomic E-state index is 12.3. The number of aromatic nitrogens is 1. The number of hydrogen-bond acceptors (Lipinski definition) is 3. The van der Waals surface area contributed by atoms with Crippen LogP contribution in [0.25, 0.3) is 0 Å². The minimum Gasteiger partial charge on any atom is -0.259 e. The molecule has 0 bridgehead atoms. The van der Waals surface area contributed by atoms with Crippen LogP contribution in [-0.4, -0.2) is 9.19 Å². The van der Waals surface area contributed by atoms with E-state index >= 15 is 0 Å². The first-order valence-corrected chi connectivity index (χ1v) is 9.92. The summed E-state index contributed by atoms with van der Waals surface area (Å²) in [5.41, 5.74) is 3.38. The normalized spacial score (nSPS) is 17.2. The van der Waals surface area contributed by atoms with Crippen molar-refractivity contribution >= 4 is 22.1 Å². The molecule has 1 atom stereocenters. The van der Waals surface area contributed by atoms with Crippen LogP contribution in [-0.2, 0) is 22.3 Å². The van der Waals surface area contributed by atoms with E-state index in [0.29, 0.717) is 17.4 Å². The Morgan fingerprint density at radius 3 is 2.86 bits per heavy atom. The average molecular weight is 319 g/mol. The highest BCUT2D eigenvalue weighted by molar-refractivity contribution is 7.83. The third-order valence-corrected chi connectivity index (χ3v) is 6.32. The summed E-state index contributed by atoms with van der Waals surface area (Å²) in [5.74, 6) is 1.86. The van der Waals surface area contributed by atoms with Gasteiger partial charge in [0.25, 0.3) is 0 Å². The Balaban J connectivity index is 1.59. The van der Waals surface area contributed by atoms with E-state index < -0.39 is 10.8 Å². The smallest absolute Gasteiger partial charge is 0.0959 e. The molecule has 0 saturated heterocycles. The fourth-order valence-corrected chi connectivity index (χ4v) is 5.18. The van der Waals surface area contributed by atoms with Gasteiger partial charge in [0.05, 0.1) is 16.5 Å². The molecule has 2 nitrogen and oxygen atoms in total. The van der Waals surface area contributed by atoms with Gasteiger partial charge in [-0.15, -0.1) is 11.3 Å². The van der Waals surface area contributed by atoms with Gasteiger partial charge < -0.3 is 0 Å². The molecule has 21 heavy (non-hydrogen) atoms. The molecule has 1 heterocycles. The van der Waals surface area contributed by atoms with Crippen molar-refractivity contribution in [1.29, 1.82) is 0 Å². The predicted molar refractivity (Wildman–Crippen MR) is 90.1 cm³/mol. The van der Waals surface area contributed by atoms with Gasteiger partial charge in [-0.3, -0.25) is 4.21 Å². The Labute approximate surface area is 133 Å². The van der Waals surface area contributed by atoms with Crippen LogP contribution < -0.4 is 0 Å². The molecule has 1 aromatic heterocycles. The van der Waals surface area contributed by atoms with Gasteiger partial charge in [0, 0.05) is 27.9 Å².